The molecule has 0 saturated heterocycles. The Morgan fingerprint density at radius 2 is 2.38 bits per heavy atom. The summed E-state index contributed by atoms with van der Waals surface area (Å²) in [6.07, 6.45) is 3.47. The highest BCUT2D eigenvalue weighted by Crippen LogP contribution is 2.05. The summed E-state index contributed by atoms with van der Waals surface area (Å²) in [7, 11) is 0. The molecule has 0 aliphatic carbocycles. The molecule has 2 amide bonds. The molecule has 0 saturated carbocycles. The van der Waals surface area contributed by atoms with Gasteiger partial charge in [0.2, 0.25) is 0 Å². The maximum Gasteiger partial charge on any atom is 0.332 e. The molecule has 74 valence electrons. The molecule has 0 aromatic carbocycles. The quantitative estimate of drug-likeness (QED) is 0.379. The normalized spacial score (nSPS) is 13.5. The van der Waals surface area contributed by atoms with Crippen molar-refractivity contribution in [1.29, 1.82) is 0 Å². The Bertz CT molecular complexity index is 211. The van der Waals surface area contributed by atoms with Crippen LogP contribution >= 0.6 is 0 Å². The van der Waals surface area contributed by atoms with E-state index in [9.17, 15) is 4.79 Å². The molecule has 0 unspecified atom stereocenters. The molecule has 0 fully saturated rings. The minimum absolute atomic E-state index is 0.369. The van der Waals surface area contributed by atoms with Gasteiger partial charge in [0.05, 0.1) is 0 Å². The van der Waals surface area contributed by atoms with Crippen molar-refractivity contribution >= 4 is 11.7 Å². The zero-order chi connectivity index (χ0) is 10.3. The lowest BCUT2D eigenvalue weighted by molar-refractivity contribution is 0.249. The van der Waals surface area contributed by atoms with Crippen LogP contribution in [-0.4, -0.2) is 11.7 Å². The number of amides is 2. The minimum Gasteiger partial charge on any atom is -0.350 e. The highest BCUT2D eigenvalue weighted by Gasteiger charge is 2.02. The van der Waals surface area contributed by atoms with Crippen LogP contribution in [0.15, 0.2) is 17.8 Å². The summed E-state index contributed by atoms with van der Waals surface area (Å²) in [6, 6.07) is -0.628. The van der Waals surface area contributed by atoms with E-state index >= 15 is 0 Å². The molecule has 3 N–H and O–H groups in total. The monoisotopic (exact) mass is 183 g/mol. The second kappa shape index (κ2) is 6.22. The van der Waals surface area contributed by atoms with E-state index in [4.69, 9.17) is 5.73 Å². The summed E-state index contributed by atoms with van der Waals surface area (Å²) in [5, 5.41) is 3.87. The summed E-state index contributed by atoms with van der Waals surface area (Å²) < 4.78 is 0. The molecule has 0 bridgehead atoms. The van der Waals surface area contributed by atoms with Crippen molar-refractivity contribution in [2.24, 2.45) is 16.8 Å². The first-order valence-electron chi connectivity index (χ1n) is 4.33. The van der Waals surface area contributed by atoms with E-state index in [2.05, 4.69) is 17.1 Å². The van der Waals surface area contributed by atoms with Crippen molar-refractivity contribution in [3.05, 3.63) is 12.7 Å². The third-order valence-electron chi connectivity index (χ3n) is 1.69. The van der Waals surface area contributed by atoms with Gasteiger partial charge in [-0.2, -0.15) is 5.10 Å². The number of primary amides is 1. The van der Waals surface area contributed by atoms with Crippen molar-refractivity contribution in [3.8, 4) is 0 Å². The molecule has 13 heavy (non-hydrogen) atoms. The van der Waals surface area contributed by atoms with E-state index in [1.807, 2.05) is 19.9 Å². The number of carbonyl (C=O) groups is 1. The van der Waals surface area contributed by atoms with Crippen LogP contribution < -0.4 is 11.2 Å². The summed E-state index contributed by atoms with van der Waals surface area (Å²) in [5.74, 6) is 0.369. The van der Waals surface area contributed by atoms with E-state index in [0.717, 1.165) is 18.6 Å². The fraction of sp³-hybridized carbons (Fsp3) is 0.556. The molecule has 0 heterocycles. The number of allylic oxidation sites excluding steroid dienone is 1. The summed E-state index contributed by atoms with van der Waals surface area (Å²) >= 11 is 0. The van der Waals surface area contributed by atoms with Crippen LogP contribution in [0.2, 0.25) is 0 Å². The molecular formula is C9H17N3O. The Morgan fingerprint density at radius 1 is 1.77 bits per heavy atom. The van der Waals surface area contributed by atoms with Crippen LogP contribution in [0.5, 0.6) is 0 Å². The van der Waals surface area contributed by atoms with Gasteiger partial charge in [-0.05, 0) is 18.8 Å². The van der Waals surface area contributed by atoms with Crippen molar-refractivity contribution in [1.82, 2.24) is 5.43 Å². The van der Waals surface area contributed by atoms with Gasteiger partial charge in [-0.15, -0.1) is 6.58 Å². The Labute approximate surface area is 78.9 Å². The highest BCUT2D eigenvalue weighted by molar-refractivity contribution is 5.85. The number of hydrogen-bond donors (Lipinski definition) is 2. The molecule has 4 nitrogen and oxygen atoms in total. The van der Waals surface area contributed by atoms with Gasteiger partial charge in [-0.25, -0.2) is 10.2 Å². The maximum absolute atomic E-state index is 10.4. The number of urea groups is 1. The summed E-state index contributed by atoms with van der Waals surface area (Å²) in [6.45, 7) is 7.70. The van der Waals surface area contributed by atoms with Crippen molar-refractivity contribution < 1.29 is 4.79 Å². The molecule has 1 atom stereocenters. The van der Waals surface area contributed by atoms with E-state index in [-0.39, 0.29) is 0 Å². The van der Waals surface area contributed by atoms with E-state index in [1.54, 1.807) is 0 Å². The average Bonchev–Trinajstić information content (AvgIpc) is 2.11. The van der Waals surface area contributed by atoms with Gasteiger partial charge in [0.15, 0.2) is 0 Å². The topological polar surface area (TPSA) is 67.5 Å². The summed E-state index contributed by atoms with van der Waals surface area (Å²) in [4.78, 5) is 10.4. The summed E-state index contributed by atoms with van der Waals surface area (Å²) in [5.41, 5.74) is 8.02. The van der Waals surface area contributed by atoms with Crippen LogP contribution in [0.3, 0.4) is 0 Å². The van der Waals surface area contributed by atoms with Crippen molar-refractivity contribution in [2.45, 2.75) is 26.7 Å². The standard InChI is InChI=1S/C9H17N3O/c1-4-7(3)6-8(5-2)11-12-9(10)13/h4,7H,1,5-6H2,2-3H3,(H3,10,12,13)/b11-8+/t7-/m1/s1. The predicted octanol–water partition coefficient (Wildman–Crippen LogP) is 1.63. The Kier molecular flexibility index (Phi) is 5.59. The third-order valence-corrected chi connectivity index (χ3v) is 1.69. The number of nitrogens with one attached hydrogen (secondary N) is 1. The largest absolute Gasteiger partial charge is 0.350 e. The van der Waals surface area contributed by atoms with E-state index < -0.39 is 6.03 Å². The molecule has 0 aliphatic heterocycles. The second-order valence-electron chi connectivity index (χ2n) is 2.92. The van der Waals surface area contributed by atoms with Crippen LogP contribution in [0, 0.1) is 5.92 Å². The van der Waals surface area contributed by atoms with Crippen LogP contribution in [-0.2, 0) is 0 Å². The number of hydrazone groups is 1. The van der Waals surface area contributed by atoms with Crippen LogP contribution in [0.25, 0.3) is 0 Å². The molecule has 0 aliphatic rings. The lowest BCUT2D eigenvalue weighted by atomic mass is 10.0. The Morgan fingerprint density at radius 3 is 2.77 bits per heavy atom. The van der Waals surface area contributed by atoms with Gasteiger partial charge in [0, 0.05) is 5.71 Å². The van der Waals surface area contributed by atoms with Crippen molar-refractivity contribution in [2.75, 3.05) is 0 Å². The van der Waals surface area contributed by atoms with Gasteiger partial charge < -0.3 is 5.73 Å². The molecule has 0 rings (SSSR count). The first-order chi connectivity index (χ1) is 6.10. The minimum atomic E-state index is -0.628. The fourth-order valence-electron chi connectivity index (χ4n) is 0.858. The zero-order valence-corrected chi connectivity index (χ0v) is 8.21. The SMILES string of the molecule is C=C[C@@H](C)C/C(CC)=N/NC(N)=O. The molecule has 4 heteroatoms. The predicted molar refractivity (Wildman–Crippen MR) is 54.4 cm³/mol. The highest BCUT2D eigenvalue weighted by atomic mass is 16.2. The first-order valence-corrected chi connectivity index (χ1v) is 4.33. The number of carbonyl (C=O) groups excluding carboxylic acids is 1. The lowest BCUT2D eigenvalue weighted by Crippen LogP contribution is -2.26. The Balaban J connectivity index is 4.08. The van der Waals surface area contributed by atoms with Gasteiger partial charge in [0.1, 0.15) is 0 Å². The number of rotatable bonds is 5. The second-order valence-corrected chi connectivity index (χ2v) is 2.92. The number of nitrogens with zero attached hydrogens (tertiary/aromatic N) is 1. The fourth-order valence-corrected chi connectivity index (χ4v) is 0.858. The van der Waals surface area contributed by atoms with Crippen LogP contribution in [0.1, 0.15) is 26.7 Å². The van der Waals surface area contributed by atoms with Gasteiger partial charge in [-0.3, -0.25) is 0 Å². The van der Waals surface area contributed by atoms with E-state index in [0.29, 0.717) is 5.92 Å². The maximum atomic E-state index is 10.4. The van der Waals surface area contributed by atoms with E-state index in [1.165, 1.54) is 0 Å². The smallest absolute Gasteiger partial charge is 0.332 e. The van der Waals surface area contributed by atoms with Gasteiger partial charge >= 0.3 is 6.03 Å². The number of hydrogen-bond acceptors (Lipinski definition) is 2. The van der Waals surface area contributed by atoms with Crippen molar-refractivity contribution in [3.63, 3.8) is 0 Å². The first kappa shape index (κ1) is 11.7. The molecule has 0 radical (unpaired) electrons. The molecule has 0 aromatic heterocycles. The lowest BCUT2D eigenvalue weighted by Gasteiger charge is -2.06. The molecular weight excluding hydrogens is 166 g/mol. The molecule has 0 aromatic rings. The zero-order valence-electron chi connectivity index (χ0n) is 8.21. The third kappa shape index (κ3) is 5.90. The number of nitrogens with two attached hydrogens (primary N) is 1. The Hall–Kier alpha value is -1.32. The molecule has 0 spiro atoms. The van der Waals surface area contributed by atoms with Gasteiger partial charge in [0.25, 0.3) is 0 Å². The average molecular weight is 183 g/mol. The van der Waals surface area contributed by atoms with Crippen LogP contribution in [0.4, 0.5) is 4.79 Å². The van der Waals surface area contributed by atoms with Gasteiger partial charge in [-0.1, -0.05) is 19.9 Å².